The highest BCUT2D eigenvalue weighted by atomic mass is 31.2. The number of carbonyl (C=O) groups is 2. The zero-order chi connectivity index (χ0) is 57.0. The van der Waals surface area contributed by atoms with Crippen LogP contribution in [0.1, 0.15) is 245 Å². The predicted octanol–water partition coefficient (Wildman–Crippen LogP) is 19.9. The van der Waals surface area contributed by atoms with E-state index in [1.54, 1.807) is 0 Å². The molecule has 0 aliphatic heterocycles. The Kier molecular flexibility index (Phi) is 55.4. The minimum atomic E-state index is -4.40. The predicted molar refractivity (Wildman–Crippen MR) is 334 cm³/mol. The van der Waals surface area contributed by atoms with Gasteiger partial charge in [-0.1, -0.05) is 251 Å². The lowest BCUT2D eigenvalue weighted by molar-refractivity contribution is -0.870. The van der Waals surface area contributed by atoms with Gasteiger partial charge in [-0.25, -0.2) is 4.57 Å². The Balaban J connectivity index is 4.05. The largest absolute Gasteiger partial charge is 0.472 e. The molecule has 0 spiro atoms. The maximum atomic E-state index is 12.8. The van der Waals surface area contributed by atoms with Crippen LogP contribution in [0.3, 0.4) is 0 Å². The number of hydrogen-bond donors (Lipinski definition) is 1. The van der Waals surface area contributed by atoms with E-state index in [9.17, 15) is 19.0 Å². The molecule has 10 heteroatoms. The number of phosphoric acid groups is 1. The average Bonchev–Trinajstić information content (AvgIpc) is 3.41. The van der Waals surface area contributed by atoms with Gasteiger partial charge in [-0.2, -0.15) is 0 Å². The van der Waals surface area contributed by atoms with Gasteiger partial charge in [-0.15, -0.1) is 0 Å². The van der Waals surface area contributed by atoms with Gasteiger partial charge in [0.15, 0.2) is 6.10 Å². The number of phosphoric ester groups is 1. The quantitative estimate of drug-likeness (QED) is 0.0211. The van der Waals surface area contributed by atoms with Crippen molar-refractivity contribution in [2.75, 3.05) is 47.5 Å². The van der Waals surface area contributed by atoms with Gasteiger partial charge < -0.3 is 18.9 Å². The van der Waals surface area contributed by atoms with Crippen molar-refractivity contribution in [1.29, 1.82) is 0 Å². The molecule has 0 aromatic heterocycles. The summed E-state index contributed by atoms with van der Waals surface area (Å²) in [6.07, 6.45) is 82.9. The molecule has 2 unspecified atom stereocenters. The molecule has 446 valence electrons. The van der Waals surface area contributed by atoms with Crippen molar-refractivity contribution in [1.82, 2.24) is 0 Å². The Morgan fingerprint density at radius 2 is 0.692 bits per heavy atom. The number of ether oxygens (including phenoxy) is 2. The first-order chi connectivity index (χ1) is 38.0. The molecule has 0 aromatic carbocycles. The van der Waals surface area contributed by atoms with Crippen LogP contribution in [-0.4, -0.2) is 74.9 Å². The molecule has 0 amide bonds. The summed E-state index contributed by atoms with van der Waals surface area (Å²) < 4.78 is 34.6. The molecular formula is C68H117NO8P+. The van der Waals surface area contributed by atoms with Crippen LogP contribution in [0, 0.1) is 0 Å². The molecule has 0 heterocycles. The molecule has 78 heavy (non-hydrogen) atoms. The lowest BCUT2D eigenvalue weighted by atomic mass is 10.0. The van der Waals surface area contributed by atoms with Gasteiger partial charge in [-0.05, 0) is 103 Å². The molecule has 0 rings (SSSR count). The van der Waals surface area contributed by atoms with Crippen LogP contribution in [0.25, 0.3) is 0 Å². The van der Waals surface area contributed by atoms with Crippen molar-refractivity contribution >= 4 is 19.8 Å². The van der Waals surface area contributed by atoms with E-state index in [-0.39, 0.29) is 26.1 Å². The normalized spacial score (nSPS) is 14.1. The van der Waals surface area contributed by atoms with Gasteiger partial charge in [0.1, 0.15) is 19.8 Å². The molecule has 0 radical (unpaired) electrons. The minimum absolute atomic E-state index is 0.0231. The zero-order valence-corrected chi connectivity index (χ0v) is 51.5. The lowest BCUT2D eigenvalue weighted by Gasteiger charge is -2.24. The van der Waals surface area contributed by atoms with Crippen molar-refractivity contribution in [3.05, 3.63) is 122 Å². The van der Waals surface area contributed by atoms with Gasteiger partial charge in [0.25, 0.3) is 0 Å². The zero-order valence-electron chi connectivity index (χ0n) is 50.6. The third-order valence-corrected chi connectivity index (χ3v) is 14.0. The highest BCUT2D eigenvalue weighted by Crippen LogP contribution is 2.43. The number of nitrogens with zero attached hydrogens (tertiary/aromatic N) is 1. The van der Waals surface area contributed by atoms with Gasteiger partial charge in [0, 0.05) is 12.8 Å². The molecule has 0 aliphatic rings. The second-order valence-electron chi connectivity index (χ2n) is 21.7. The fraction of sp³-hybridized carbons (Fsp3) is 0.676. The third kappa shape index (κ3) is 61.6. The fourth-order valence-corrected chi connectivity index (χ4v) is 8.99. The van der Waals surface area contributed by atoms with E-state index in [0.29, 0.717) is 23.9 Å². The molecule has 0 bridgehead atoms. The Morgan fingerprint density at radius 1 is 0.397 bits per heavy atom. The van der Waals surface area contributed by atoms with Crippen molar-refractivity contribution in [2.24, 2.45) is 0 Å². The number of likely N-dealkylation sites (N-methyl/N-ethyl adjacent to an activating group) is 1. The van der Waals surface area contributed by atoms with Crippen LogP contribution in [0.5, 0.6) is 0 Å². The van der Waals surface area contributed by atoms with Crippen LogP contribution in [-0.2, 0) is 32.7 Å². The number of allylic oxidation sites excluding steroid dienone is 20. The van der Waals surface area contributed by atoms with Gasteiger partial charge >= 0.3 is 19.8 Å². The van der Waals surface area contributed by atoms with Crippen LogP contribution in [0.15, 0.2) is 122 Å². The van der Waals surface area contributed by atoms with Crippen molar-refractivity contribution < 1.29 is 42.1 Å². The smallest absolute Gasteiger partial charge is 0.462 e. The molecule has 2 atom stereocenters. The molecule has 9 nitrogen and oxygen atoms in total. The fourth-order valence-electron chi connectivity index (χ4n) is 8.25. The van der Waals surface area contributed by atoms with E-state index in [4.69, 9.17) is 18.5 Å². The molecule has 0 aromatic rings. The van der Waals surface area contributed by atoms with Crippen LogP contribution in [0.2, 0.25) is 0 Å². The molecule has 0 saturated heterocycles. The number of rotatable bonds is 56. The number of hydrogen-bond acceptors (Lipinski definition) is 7. The first kappa shape index (κ1) is 74.4. The molecular weight excluding hydrogens is 990 g/mol. The second kappa shape index (κ2) is 58.1. The summed E-state index contributed by atoms with van der Waals surface area (Å²) in [6.45, 7) is 4.18. The Bertz CT molecular complexity index is 1730. The van der Waals surface area contributed by atoms with E-state index in [1.165, 1.54) is 96.3 Å². The van der Waals surface area contributed by atoms with Gasteiger partial charge in [0.05, 0.1) is 27.7 Å². The summed E-state index contributed by atoms with van der Waals surface area (Å²) in [5, 5.41) is 0. The first-order valence-corrected chi connectivity index (χ1v) is 32.8. The third-order valence-electron chi connectivity index (χ3n) is 13.0. The summed E-state index contributed by atoms with van der Waals surface area (Å²) in [6, 6.07) is 0. The number of esters is 2. The van der Waals surface area contributed by atoms with Gasteiger partial charge in [0.2, 0.25) is 0 Å². The Hall–Kier alpha value is -3.59. The van der Waals surface area contributed by atoms with Crippen LogP contribution >= 0.6 is 7.82 Å². The van der Waals surface area contributed by atoms with Crippen molar-refractivity contribution in [3.8, 4) is 0 Å². The SMILES string of the molecule is CC/C=C\C/C=C\C/C=C\C/C=C\C/C=C\C/C=C\CCCCCCCCCCCCCCCCCCCCC(=O)OC(COC(=O)CCCCCC/C=C\C/C=C\C/C=C\C/C=C\CC)COP(=O)(O)OCC[N+](C)(C)C. The van der Waals surface area contributed by atoms with E-state index >= 15 is 0 Å². The number of unbranched alkanes of at least 4 members (excludes halogenated alkanes) is 22. The highest BCUT2D eigenvalue weighted by molar-refractivity contribution is 7.47. The van der Waals surface area contributed by atoms with Gasteiger partial charge in [-0.3, -0.25) is 18.6 Å². The lowest BCUT2D eigenvalue weighted by Crippen LogP contribution is -2.37. The second-order valence-corrected chi connectivity index (χ2v) is 23.1. The van der Waals surface area contributed by atoms with Crippen molar-refractivity contribution in [2.45, 2.75) is 251 Å². The van der Waals surface area contributed by atoms with E-state index in [1.807, 2.05) is 21.1 Å². The van der Waals surface area contributed by atoms with Crippen LogP contribution in [0.4, 0.5) is 0 Å². The molecule has 0 saturated carbocycles. The molecule has 1 N–H and O–H groups in total. The summed E-state index contributed by atoms with van der Waals surface area (Å²) in [5.74, 6) is -0.826. The average molecular weight is 1110 g/mol. The van der Waals surface area contributed by atoms with E-state index in [0.717, 1.165) is 109 Å². The first-order valence-electron chi connectivity index (χ1n) is 31.3. The monoisotopic (exact) mass is 1110 g/mol. The van der Waals surface area contributed by atoms with Crippen molar-refractivity contribution in [3.63, 3.8) is 0 Å². The van der Waals surface area contributed by atoms with E-state index < -0.39 is 32.5 Å². The summed E-state index contributed by atoms with van der Waals surface area (Å²) >= 11 is 0. The summed E-state index contributed by atoms with van der Waals surface area (Å²) in [4.78, 5) is 35.7. The number of carbonyl (C=O) groups excluding carboxylic acids is 2. The maximum absolute atomic E-state index is 12.8. The maximum Gasteiger partial charge on any atom is 0.472 e. The Morgan fingerprint density at radius 3 is 1.03 bits per heavy atom. The van der Waals surface area contributed by atoms with E-state index in [2.05, 4.69) is 135 Å². The minimum Gasteiger partial charge on any atom is -0.462 e. The topological polar surface area (TPSA) is 108 Å². The number of quaternary nitrogens is 1. The Labute approximate surface area is 479 Å². The molecule has 0 aliphatic carbocycles. The summed E-state index contributed by atoms with van der Waals surface area (Å²) in [5.41, 5.74) is 0. The summed E-state index contributed by atoms with van der Waals surface area (Å²) in [7, 11) is 1.45. The highest BCUT2D eigenvalue weighted by Gasteiger charge is 2.27. The standard InChI is InChI=1S/C68H116NO8P/c1-6-8-10-12-14-16-18-20-22-24-25-26-27-28-29-30-31-32-33-34-35-36-37-38-39-40-41-42-43-45-47-49-51-53-55-57-59-61-68(71)77-66(65-76-78(72,73)75-63-62-69(3,4)5)64-74-67(70)60-58-56-54-52-50-48-46-44-23-21-19-17-15-13-11-9-7-2/h8-11,14-17,20-23,25-26,28-29,31-32,46,48,66H,6-7,12-13,18-19,24,27,30,33-45,47,49-65H2,1-5H3/p+1/b10-8-,11-9-,16-14-,17-15-,22-20-,23-21-,26-25-,29-28-,32-31-,48-46-. The van der Waals surface area contributed by atoms with Crippen LogP contribution < -0.4 is 0 Å². The molecule has 0 fully saturated rings.